The van der Waals surface area contributed by atoms with E-state index in [1.807, 2.05) is 19.1 Å². The summed E-state index contributed by atoms with van der Waals surface area (Å²) in [7, 11) is 1.56. The van der Waals surface area contributed by atoms with E-state index in [4.69, 9.17) is 42.5 Å². The molecule has 0 saturated heterocycles. The van der Waals surface area contributed by atoms with Gasteiger partial charge >= 0.3 is 5.97 Å². The fourth-order valence-electron chi connectivity index (χ4n) is 4.08. The van der Waals surface area contributed by atoms with Crippen molar-refractivity contribution in [3.05, 3.63) is 81.5 Å². The first-order chi connectivity index (χ1) is 18.9. The average molecular weight is 590 g/mol. The van der Waals surface area contributed by atoms with Crippen LogP contribution in [0, 0.1) is 0 Å². The molecule has 1 aliphatic rings. The van der Waals surface area contributed by atoms with Crippen molar-refractivity contribution in [2.45, 2.75) is 44.5 Å². The molecule has 4 rings (SSSR count). The van der Waals surface area contributed by atoms with Crippen molar-refractivity contribution in [3.63, 3.8) is 0 Å². The highest BCUT2D eigenvalue weighted by Crippen LogP contribution is 2.40. The number of methoxy groups -OCH3 is 1. The Morgan fingerprint density at radius 2 is 2.00 bits per heavy atom. The number of fused-ring (bicyclic) bond motifs is 1. The number of carbonyl (C=O) groups is 1. The molecule has 2 aromatic carbocycles. The number of benzene rings is 2. The lowest BCUT2D eigenvalue weighted by Crippen LogP contribution is -2.29. The molecule has 0 amide bonds. The van der Waals surface area contributed by atoms with Gasteiger partial charge in [0.2, 0.25) is 11.1 Å². The van der Waals surface area contributed by atoms with E-state index >= 15 is 0 Å². The molecule has 0 aliphatic carbocycles. The van der Waals surface area contributed by atoms with E-state index in [9.17, 15) is 4.79 Å². The zero-order valence-corrected chi connectivity index (χ0v) is 24.3. The summed E-state index contributed by atoms with van der Waals surface area (Å²) < 4.78 is 18.9. The van der Waals surface area contributed by atoms with Crippen molar-refractivity contribution >= 4 is 46.9 Å². The first kappa shape index (κ1) is 28.9. The van der Waals surface area contributed by atoms with Gasteiger partial charge in [0.25, 0.3) is 0 Å². The fourth-order valence-corrected chi connectivity index (χ4v) is 5.50. The second-order valence-electron chi connectivity index (χ2n) is 8.72. The van der Waals surface area contributed by atoms with Crippen LogP contribution >= 0.6 is 35.0 Å². The van der Waals surface area contributed by atoms with Gasteiger partial charge in [-0.2, -0.15) is 4.98 Å². The van der Waals surface area contributed by atoms with Crippen LogP contribution in [0.3, 0.4) is 0 Å². The van der Waals surface area contributed by atoms with Crippen LogP contribution in [0.4, 0.5) is 5.95 Å². The summed E-state index contributed by atoms with van der Waals surface area (Å²) in [6.45, 7) is 7.85. The van der Waals surface area contributed by atoms with Crippen LogP contribution in [-0.4, -0.2) is 40.2 Å². The van der Waals surface area contributed by atoms with Crippen LogP contribution in [0.1, 0.15) is 43.9 Å². The van der Waals surface area contributed by atoms with Crippen molar-refractivity contribution < 1.29 is 19.0 Å². The normalized spacial score (nSPS) is 14.4. The Kier molecular flexibility index (Phi) is 9.83. The molecule has 1 atom stereocenters. The highest BCUT2D eigenvalue weighted by atomic mass is 35.5. The van der Waals surface area contributed by atoms with Crippen molar-refractivity contribution in [2.75, 3.05) is 24.8 Å². The first-order valence-corrected chi connectivity index (χ1v) is 14.2. The average Bonchev–Trinajstić information content (AvgIpc) is 3.33. The minimum absolute atomic E-state index is 0.0887. The Morgan fingerprint density at radius 1 is 1.23 bits per heavy atom. The summed E-state index contributed by atoms with van der Waals surface area (Å²) in [5.41, 5.74) is 2.47. The number of aromatic nitrogens is 3. The number of hydrogen-bond acceptors (Lipinski definition) is 8. The van der Waals surface area contributed by atoms with Crippen molar-refractivity contribution in [1.82, 2.24) is 14.8 Å². The minimum atomic E-state index is -0.604. The summed E-state index contributed by atoms with van der Waals surface area (Å²) in [6, 6.07) is 10.2. The van der Waals surface area contributed by atoms with Crippen LogP contribution in [0.15, 0.2) is 65.5 Å². The second-order valence-corrected chi connectivity index (χ2v) is 10.6. The Bertz CT molecular complexity index is 1370. The lowest BCUT2D eigenvalue weighted by molar-refractivity contribution is -0.138. The number of rotatable bonds is 12. The molecule has 2 heterocycles. The molecule has 0 radical (unpaired) electrons. The maximum absolute atomic E-state index is 13.2. The second kappa shape index (κ2) is 13.3. The van der Waals surface area contributed by atoms with Crippen molar-refractivity contribution in [1.29, 1.82) is 0 Å². The molecule has 0 spiro atoms. The molecule has 1 aliphatic heterocycles. The zero-order chi connectivity index (χ0) is 27.9. The number of nitrogens with one attached hydrogen (secondary N) is 1. The number of nitrogens with zero attached hydrogens (tertiary/aromatic N) is 3. The maximum Gasteiger partial charge on any atom is 0.338 e. The fraction of sp³-hybridized carbons (Fsp3) is 0.321. The summed E-state index contributed by atoms with van der Waals surface area (Å²) >= 11 is 14.2. The highest BCUT2D eigenvalue weighted by molar-refractivity contribution is 7.99. The monoisotopic (exact) mass is 588 g/mol. The summed E-state index contributed by atoms with van der Waals surface area (Å²) in [5.74, 6) is 1.95. The van der Waals surface area contributed by atoms with Gasteiger partial charge in [-0.25, -0.2) is 9.48 Å². The van der Waals surface area contributed by atoms with E-state index in [2.05, 4.69) is 23.8 Å². The Balaban J connectivity index is 1.70. The van der Waals surface area contributed by atoms with Crippen molar-refractivity contribution in [2.24, 2.45) is 0 Å². The van der Waals surface area contributed by atoms with Crippen LogP contribution in [0.25, 0.3) is 0 Å². The number of esters is 1. The highest BCUT2D eigenvalue weighted by Gasteiger charge is 2.35. The molecule has 0 saturated carbocycles. The van der Waals surface area contributed by atoms with Gasteiger partial charge in [-0.15, -0.1) is 5.10 Å². The van der Waals surface area contributed by atoms with Gasteiger partial charge in [-0.1, -0.05) is 73.1 Å². The molecule has 0 bridgehead atoms. The van der Waals surface area contributed by atoms with Gasteiger partial charge in [0, 0.05) is 27.1 Å². The predicted molar refractivity (Wildman–Crippen MR) is 155 cm³/mol. The van der Waals surface area contributed by atoms with Gasteiger partial charge < -0.3 is 19.5 Å². The topological polar surface area (TPSA) is 87.5 Å². The quantitative estimate of drug-likeness (QED) is 0.104. The van der Waals surface area contributed by atoms with Gasteiger partial charge in [0.1, 0.15) is 19.3 Å². The maximum atomic E-state index is 13.2. The molecule has 1 N–H and O–H groups in total. The molecular weight excluding hydrogens is 559 g/mol. The molecule has 206 valence electrons. The number of carbonyl (C=O) groups excluding carboxylic acids is 1. The number of anilines is 1. The Labute approximate surface area is 242 Å². The number of thioether (sulfide) groups is 1. The lowest BCUT2D eigenvalue weighted by Gasteiger charge is -2.28. The van der Waals surface area contributed by atoms with E-state index in [1.165, 1.54) is 6.08 Å². The molecule has 8 nitrogen and oxygen atoms in total. The number of unbranched alkanes of at least 4 members (excludes halogenated alkanes) is 1. The summed E-state index contributed by atoms with van der Waals surface area (Å²) in [5, 5.41) is 9.62. The third-order valence-corrected chi connectivity index (χ3v) is 7.68. The standard InChI is InChI=1S/C28H30Cl2N4O4S/c1-5-7-14-39-28-32-27-31-17(3)24(26(35)37-13-6-2)25(34(27)33-28)18-11-12-22(23(15-18)36-4)38-16-19-20(29)9-8-10-21(19)30/h6,8-12,15,25H,2,5,7,13-14,16H2,1,3-4H3,(H,31,32,33). The smallest absolute Gasteiger partial charge is 0.338 e. The molecular formula is C28H30Cl2N4O4S. The third-order valence-electron chi connectivity index (χ3n) is 6.05. The zero-order valence-electron chi connectivity index (χ0n) is 22.0. The van der Waals surface area contributed by atoms with Crippen LogP contribution in [0.2, 0.25) is 10.0 Å². The summed E-state index contributed by atoms with van der Waals surface area (Å²) in [6.07, 6.45) is 3.67. The summed E-state index contributed by atoms with van der Waals surface area (Å²) in [4.78, 5) is 17.9. The van der Waals surface area contributed by atoms with Gasteiger partial charge in [-0.3, -0.25) is 0 Å². The minimum Gasteiger partial charge on any atom is -0.493 e. The third kappa shape index (κ3) is 6.54. The van der Waals surface area contributed by atoms with E-state index in [-0.39, 0.29) is 13.2 Å². The van der Waals surface area contributed by atoms with E-state index in [0.29, 0.717) is 49.5 Å². The number of ether oxygens (including phenoxy) is 3. The molecule has 1 aromatic heterocycles. The molecule has 11 heteroatoms. The van der Waals surface area contributed by atoms with Gasteiger partial charge in [0.05, 0.1) is 12.7 Å². The number of allylic oxidation sites excluding steroid dienone is 1. The van der Waals surface area contributed by atoms with Gasteiger partial charge in [-0.05, 0) is 43.2 Å². The largest absolute Gasteiger partial charge is 0.493 e. The SMILES string of the molecule is C=CCOC(=O)C1=C(C)Nc2nc(SCCCC)nn2C1c1ccc(OCc2c(Cl)cccc2Cl)c(OC)c1. The Hall–Kier alpha value is -3.14. The molecule has 0 fully saturated rings. The number of halogens is 2. The first-order valence-electron chi connectivity index (χ1n) is 12.5. The molecule has 3 aromatic rings. The Morgan fingerprint density at radius 3 is 2.69 bits per heavy atom. The van der Waals surface area contributed by atoms with E-state index in [0.717, 1.165) is 24.2 Å². The van der Waals surface area contributed by atoms with Crippen molar-refractivity contribution in [3.8, 4) is 11.5 Å². The predicted octanol–water partition coefficient (Wildman–Crippen LogP) is 7.08. The molecule has 1 unspecified atom stereocenters. The van der Waals surface area contributed by atoms with Gasteiger partial charge in [0.15, 0.2) is 11.5 Å². The lowest BCUT2D eigenvalue weighted by atomic mass is 9.95. The van der Waals surface area contributed by atoms with E-state index in [1.54, 1.807) is 47.8 Å². The van der Waals surface area contributed by atoms with Crippen LogP contribution in [0.5, 0.6) is 11.5 Å². The van der Waals surface area contributed by atoms with E-state index < -0.39 is 12.0 Å². The van der Waals surface area contributed by atoms with Crippen LogP contribution < -0.4 is 14.8 Å². The van der Waals surface area contributed by atoms with Crippen LogP contribution in [-0.2, 0) is 16.1 Å². The number of hydrogen-bond donors (Lipinski definition) is 1. The molecule has 39 heavy (non-hydrogen) atoms.